The van der Waals surface area contributed by atoms with Crippen LogP contribution >= 0.6 is 0 Å². The first-order valence-corrected chi connectivity index (χ1v) is 9.43. The van der Waals surface area contributed by atoms with Crippen LogP contribution in [0.3, 0.4) is 0 Å². The summed E-state index contributed by atoms with van der Waals surface area (Å²) in [5, 5.41) is 0.979. The van der Waals surface area contributed by atoms with E-state index >= 15 is 0 Å². The minimum atomic E-state index is -0.770. The van der Waals surface area contributed by atoms with E-state index in [0.717, 1.165) is 22.0 Å². The Morgan fingerprint density at radius 2 is 1.71 bits per heavy atom. The molecule has 1 aromatic heterocycles. The van der Waals surface area contributed by atoms with E-state index in [-0.39, 0.29) is 12.6 Å². The van der Waals surface area contributed by atoms with Gasteiger partial charge in [0.25, 0.3) is 0 Å². The fourth-order valence-electron chi connectivity index (χ4n) is 3.17. The van der Waals surface area contributed by atoms with E-state index in [9.17, 15) is 9.59 Å². The monoisotopic (exact) mass is 388 g/mol. The summed E-state index contributed by atoms with van der Waals surface area (Å²) in [6.07, 6.45) is 1.46. The number of hydrogen-bond donors (Lipinski definition) is 1. The molecule has 0 radical (unpaired) electrons. The lowest BCUT2D eigenvalue weighted by molar-refractivity contribution is 0.0200. The third-order valence-electron chi connectivity index (χ3n) is 4.23. The number of benzene rings is 1. The van der Waals surface area contributed by atoms with Crippen molar-refractivity contribution in [1.82, 2.24) is 9.88 Å². The molecule has 0 spiro atoms. The smallest absolute Gasteiger partial charge is 0.444 e. The van der Waals surface area contributed by atoms with Gasteiger partial charge in [-0.05, 0) is 65.7 Å². The number of carbonyl (C=O) groups is 2. The summed E-state index contributed by atoms with van der Waals surface area (Å²) in [4.78, 5) is 29.7. The van der Waals surface area contributed by atoms with Crippen LogP contribution in [0.5, 0.6) is 5.75 Å². The van der Waals surface area contributed by atoms with Gasteiger partial charge >= 0.3 is 12.2 Å². The Hall–Kier alpha value is -2.70. The molecule has 3 rings (SSSR count). The molecule has 7 nitrogen and oxygen atoms in total. The van der Waals surface area contributed by atoms with Crippen molar-refractivity contribution in [3.63, 3.8) is 0 Å². The van der Waals surface area contributed by atoms with Crippen molar-refractivity contribution in [2.24, 2.45) is 0 Å². The highest BCUT2D eigenvalue weighted by atomic mass is 16.7. The van der Waals surface area contributed by atoms with Crippen LogP contribution in [-0.4, -0.2) is 39.9 Å². The number of nitrogens with one attached hydrogen (secondary N) is 1. The fraction of sp³-hybridized carbons (Fsp3) is 0.524. The maximum Gasteiger partial charge on any atom is 0.514 e. The lowest BCUT2D eigenvalue weighted by Crippen LogP contribution is -2.37. The summed E-state index contributed by atoms with van der Waals surface area (Å²) in [5.74, 6) is 0.387. The van der Waals surface area contributed by atoms with Gasteiger partial charge in [0.05, 0.1) is 6.54 Å². The summed E-state index contributed by atoms with van der Waals surface area (Å²) in [7, 11) is 0. The van der Waals surface area contributed by atoms with E-state index in [1.165, 1.54) is 0 Å². The first-order chi connectivity index (χ1) is 12.9. The molecule has 2 aromatic rings. The fourth-order valence-corrected chi connectivity index (χ4v) is 3.17. The second-order valence-electron chi connectivity index (χ2n) is 9.00. The molecule has 1 amide bonds. The van der Waals surface area contributed by atoms with Crippen molar-refractivity contribution >= 4 is 23.2 Å². The molecule has 0 aliphatic carbocycles. The van der Waals surface area contributed by atoms with Gasteiger partial charge in [0.15, 0.2) is 0 Å². The average molecular weight is 388 g/mol. The van der Waals surface area contributed by atoms with Crippen molar-refractivity contribution in [2.75, 3.05) is 6.54 Å². The molecule has 7 heteroatoms. The van der Waals surface area contributed by atoms with Gasteiger partial charge in [-0.3, -0.25) is 0 Å². The summed E-state index contributed by atoms with van der Waals surface area (Å²) in [6, 6.07) is 3.59. The SMILES string of the molecule is CC(C)(C)OC(=O)Oc1ccc2[nH]cc3c2c1CN(C(=O)OC(C)(C)C)CC3. The molecule has 0 fully saturated rings. The van der Waals surface area contributed by atoms with Gasteiger partial charge in [-0.1, -0.05) is 0 Å². The Morgan fingerprint density at radius 3 is 2.36 bits per heavy atom. The van der Waals surface area contributed by atoms with Crippen LogP contribution in [-0.2, 0) is 22.4 Å². The third-order valence-corrected chi connectivity index (χ3v) is 4.23. The van der Waals surface area contributed by atoms with E-state index in [1.54, 1.807) is 31.7 Å². The average Bonchev–Trinajstić information content (AvgIpc) is 2.81. The Balaban J connectivity index is 1.93. The van der Waals surface area contributed by atoms with Crippen molar-refractivity contribution < 1.29 is 23.8 Å². The number of H-pyrrole nitrogens is 1. The van der Waals surface area contributed by atoms with E-state index in [1.807, 2.05) is 33.0 Å². The molecule has 28 heavy (non-hydrogen) atoms. The molecule has 1 N–H and O–H groups in total. The van der Waals surface area contributed by atoms with E-state index < -0.39 is 17.4 Å². The van der Waals surface area contributed by atoms with E-state index in [0.29, 0.717) is 18.7 Å². The molecule has 1 aliphatic rings. The normalized spacial score (nSPS) is 14.6. The third kappa shape index (κ3) is 4.58. The van der Waals surface area contributed by atoms with Crippen LogP contribution < -0.4 is 4.74 Å². The van der Waals surface area contributed by atoms with Gasteiger partial charge in [-0.25, -0.2) is 9.59 Å². The largest absolute Gasteiger partial charge is 0.514 e. The summed E-state index contributed by atoms with van der Waals surface area (Å²) in [5.41, 5.74) is 1.54. The number of rotatable bonds is 1. The number of carbonyl (C=O) groups excluding carboxylic acids is 2. The number of hydrogen-bond acceptors (Lipinski definition) is 5. The molecule has 1 aromatic carbocycles. The molecule has 0 bridgehead atoms. The number of amides is 1. The predicted molar refractivity (Wildman–Crippen MR) is 106 cm³/mol. The first kappa shape index (κ1) is 20.0. The standard InChI is InChI=1S/C21H28N2O5/c1-20(2,3)27-18(24)23-10-9-13-11-22-15-7-8-16(14(12-23)17(13)15)26-19(25)28-21(4,5)6/h7-8,11,22H,9-10,12H2,1-6H3. The Morgan fingerprint density at radius 1 is 1.04 bits per heavy atom. The zero-order chi connectivity index (χ0) is 20.7. The molecule has 0 saturated heterocycles. The van der Waals surface area contributed by atoms with Gasteiger partial charge in [-0.15, -0.1) is 0 Å². The number of aromatic amines is 1. The van der Waals surface area contributed by atoms with E-state index in [2.05, 4.69) is 4.98 Å². The van der Waals surface area contributed by atoms with Gasteiger partial charge in [0.2, 0.25) is 0 Å². The minimum absolute atomic E-state index is 0.287. The quantitative estimate of drug-likeness (QED) is 0.562. The second-order valence-corrected chi connectivity index (χ2v) is 9.00. The van der Waals surface area contributed by atoms with Crippen LogP contribution in [0.25, 0.3) is 10.9 Å². The van der Waals surface area contributed by atoms with Crippen molar-refractivity contribution in [1.29, 1.82) is 0 Å². The van der Waals surface area contributed by atoms with Gasteiger partial charge in [0.1, 0.15) is 17.0 Å². The minimum Gasteiger partial charge on any atom is -0.444 e. The molecule has 1 aliphatic heterocycles. The van der Waals surface area contributed by atoms with Crippen molar-refractivity contribution in [3.8, 4) is 5.75 Å². The highest BCUT2D eigenvalue weighted by Gasteiger charge is 2.28. The van der Waals surface area contributed by atoms with Crippen LogP contribution in [0, 0.1) is 0 Å². The molecule has 0 atom stereocenters. The van der Waals surface area contributed by atoms with Gasteiger partial charge in [0, 0.05) is 29.2 Å². The Bertz CT molecular complexity index is 902. The maximum absolute atomic E-state index is 12.6. The lowest BCUT2D eigenvalue weighted by atomic mass is 10.0. The highest BCUT2D eigenvalue weighted by molar-refractivity contribution is 5.90. The number of ether oxygens (including phenoxy) is 3. The highest BCUT2D eigenvalue weighted by Crippen LogP contribution is 2.35. The van der Waals surface area contributed by atoms with Crippen molar-refractivity contribution in [2.45, 2.75) is 65.7 Å². The predicted octanol–water partition coefficient (Wildman–Crippen LogP) is 4.78. The van der Waals surface area contributed by atoms with Crippen LogP contribution in [0.2, 0.25) is 0 Å². The Kier molecular flexibility index (Phi) is 5.04. The van der Waals surface area contributed by atoms with Gasteiger partial charge in [-0.2, -0.15) is 0 Å². The van der Waals surface area contributed by atoms with E-state index in [4.69, 9.17) is 14.2 Å². The summed E-state index contributed by atoms with van der Waals surface area (Å²) in [6.45, 7) is 11.7. The molecule has 0 unspecified atom stereocenters. The lowest BCUT2D eigenvalue weighted by Gasteiger charge is -2.27. The van der Waals surface area contributed by atoms with Crippen LogP contribution in [0.15, 0.2) is 18.3 Å². The maximum atomic E-state index is 12.6. The van der Waals surface area contributed by atoms with Crippen molar-refractivity contribution in [3.05, 3.63) is 29.5 Å². The molecule has 152 valence electrons. The topological polar surface area (TPSA) is 80.9 Å². The zero-order valence-corrected chi connectivity index (χ0v) is 17.3. The summed E-state index contributed by atoms with van der Waals surface area (Å²) >= 11 is 0. The molecular formula is C21H28N2O5. The van der Waals surface area contributed by atoms with Crippen LogP contribution in [0.4, 0.5) is 9.59 Å². The number of aromatic nitrogens is 1. The summed E-state index contributed by atoms with van der Waals surface area (Å²) < 4.78 is 16.3. The number of nitrogens with zero attached hydrogens (tertiary/aromatic N) is 1. The first-order valence-electron chi connectivity index (χ1n) is 9.43. The molecule has 2 heterocycles. The van der Waals surface area contributed by atoms with Crippen LogP contribution in [0.1, 0.15) is 52.7 Å². The molecule has 0 saturated carbocycles. The second kappa shape index (κ2) is 7.04. The molecular weight excluding hydrogens is 360 g/mol. The van der Waals surface area contributed by atoms with Gasteiger partial charge < -0.3 is 24.1 Å². The Labute approximate surface area is 164 Å². The zero-order valence-electron chi connectivity index (χ0n) is 17.3.